The van der Waals surface area contributed by atoms with E-state index in [0.29, 0.717) is 6.61 Å². The van der Waals surface area contributed by atoms with Gasteiger partial charge < -0.3 is 19.8 Å². The summed E-state index contributed by atoms with van der Waals surface area (Å²) >= 11 is 3.48. The van der Waals surface area contributed by atoms with Crippen LogP contribution in [0.3, 0.4) is 0 Å². The highest BCUT2D eigenvalue weighted by molar-refractivity contribution is 9.10. The zero-order valence-electron chi connectivity index (χ0n) is 13.3. The number of ether oxygens (including phenoxy) is 1. The lowest BCUT2D eigenvalue weighted by Crippen LogP contribution is -2.41. The molecule has 0 aromatic heterocycles. The Labute approximate surface area is 135 Å². The third-order valence-corrected chi connectivity index (χ3v) is 4.69. The summed E-state index contributed by atoms with van der Waals surface area (Å²) < 4.78 is 18.7. The third-order valence-electron chi connectivity index (χ3n) is 4.20. The Kier molecular flexibility index (Phi) is 4.73. The van der Waals surface area contributed by atoms with Crippen molar-refractivity contribution < 1.29 is 14.0 Å². The van der Waals surface area contributed by atoms with Crippen LogP contribution in [0.25, 0.3) is 0 Å². The van der Waals surface area contributed by atoms with Crippen LogP contribution in [0.2, 0.25) is 0 Å². The molecule has 0 amide bonds. The summed E-state index contributed by atoms with van der Waals surface area (Å²) in [7, 11) is -0.497. The van der Waals surface area contributed by atoms with Crippen molar-refractivity contribution in [3.63, 3.8) is 0 Å². The molecule has 1 aromatic carbocycles. The molecule has 2 rings (SSSR count). The number of hydrogen-bond donors (Lipinski definition) is 1. The van der Waals surface area contributed by atoms with Gasteiger partial charge in [0.25, 0.3) is 0 Å². The van der Waals surface area contributed by atoms with Crippen molar-refractivity contribution in [1.82, 2.24) is 0 Å². The minimum absolute atomic E-state index is 0.396. The minimum atomic E-state index is -0.497. The van der Waals surface area contributed by atoms with Gasteiger partial charge in [0.1, 0.15) is 5.75 Å². The van der Waals surface area contributed by atoms with Gasteiger partial charge in [-0.15, -0.1) is 0 Å². The molecule has 0 unspecified atom stereocenters. The lowest BCUT2D eigenvalue weighted by molar-refractivity contribution is 0.00578. The second-order valence-corrected chi connectivity index (χ2v) is 7.18. The quantitative estimate of drug-likeness (QED) is 0.840. The molecule has 1 aliphatic heterocycles. The summed E-state index contributed by atoms with van der Waals surface area (Å²) in [6, 6.07) is 5.81. The van der Waals surface area contributed by atoms with Crippen LogP contribution in [0.1, 0.15) is 46.1 Å². The molecule has 2 N–H and O–H groups in total. The predicted molar refractivity (Wildman–Crippen MR) is 88.3 cm³/mol. The average Bonchev–Trinajstić information content (AvgIpc) is 2.60. The van der Waals surface area contributed by atoms with E-state index in [9.17, 15) is 0 Å². The van der Waals surface area contributed by atoms with E-state index >= 15 is 0 Å². The molecule has 0 aliphatic carbocycles. The van der Waals surface area contributed by atoms with Crippen molar-refractivity contribution in [2.24, 2.45) is 5.73 Å². The first-order valence-electron chi connectivity index (χ1n) is 7.21. The van der Waals surface area contributed by atoms with E-state index in [1.807, 2.05) is 52.8 Å². The molecule has 1 aromatic rings. The fourth-order valence-corrected chi connectivity index (χ4v) is 2.63. The fraction of sp³-hybridized carbons (Fsp3) is 0.600. The van der Waals surface area contributed by atoms with Crippen molar-refractivity contribution >= 4 is 23.0 Å². The van der Waals surface area contributed by atoms with Gasteiger partial charge in [0.05, 0.1) is 23.8 Å². The van der Waals surface area contributed by atoms with Crippen LogP contribution in [0, 0.1) is 0 Å². The highest BCUT2D eigenvalue weighted by Gasteiger charge is 2.53. The van der Waals surface area contributed by atoms with Gasteiger partial charge in [-0.2, -0.15) is 0 Å². The SMILES string of the molecule is CCOc1ccc(Br)cc1[C@@H](N)B1OC(C)(C)C(C)(C)O1. The number of halogens is 1. The van der Waals surface area contributed by atoms with Crippen LogP contribution in [0.4, 0.5) is 0 Å². The van der Waals surface area contributed by atoms with E-state index in [1.54, 1.807) is 0 Å². The van der Waals surface area contributed by atoms with E-state index < -0.39 is 24.3 Å². The molecule has 6 heteroatoms. The van der Waals surface area contributed by atoms with Crippen LogP contribution in [-0.2, 0) is 9.31 Å². The van der Waals surface area contributed by atoms with Gasteiger partial charge in [0.15, 0.2) is 0 Å². The summed E-state index contributed by atoms with van der Waals surface area (Å²) in [5, 5.41) is 0. The van der Waals surface area contributed by atoms with Crippen LogP contribution < -0.4 is 10.5 Å². The normalized spacial score (nSPS) is 21.4. The van der Waals surface area contributed by atoms with E-state index in [-0.39, 0.29) is 0 Å². The summed E-state index contributed by atoms with van der Waals surface area (Å²) in [6.07, 6.45) is 0. The van der Waals surface area contributed by atoms with Gasteiger partial charge in [-0.1, -0.05) is 15.9 Å². The van der Waals surface area contributed by atoms with E-state index in [4.69, 9.17) is 19.8 Å². The Morgan fingerprint density at radius 1 is 1.24 bits per heavy atom. The van der Waals surface area contributed by atoms with Crippen molar-refractivity contribution in [2.45, 2.75) is 51.8 Å². The predicted octanol–water partition coefficient (Wildman–Crippen LogP) is 3.48. The molecule has 0 radical (unpaired) electrons. The maximum atomic E-state index is 6.39. The Balaban J connectivity index is 2.29. The minimum Gasteiger partial charge on any atom is -0.494 e. The topological polar surface area (TPSA) is 53.7 Å². The smallest absolute Gasteiger partial charge is 0.480 e. The molecule has 1 atom stereocenters. The molecule has 4 nitrogen and oxygen atoms in total. The van der Waals surface area contributed by atoms with Gasteiger partial charge in [-0.25, -0.2) is 0 Å². The molecule has 0 saturated carbocycles. The first-order valence-corrected chi connectivity index (χ1v) is 8.00. The fourth-order valence-electron chi connectivity index (χ4n) is 2.25. The molecule has 1 fully saturated rings. The second-order valence-electron chi connectivity index (χ2n) is 6.27. The zero-order valence-corrected chi connectivity index (χ0v) is 14.9. The Bertz CT molecular complexity index is 506. The van der Waals surface area contributed by atoms with Gasteiger partial charge in [0.2, 0.25) is 0 Å². The standard InChI is InChI=1S/C15H23BBrNO3/c1-6-19-12-8-7-10(17)9-11(12)13(18)16-20-14(2,3)15(4,5)21-16/h7-9,13H,6,18H2,1-5H3/t13-/m1/s1. The molecule has 0 spiro atoms. The van der Waals surface area contributed by atoms with E-state index in [0.717, 1.165) is 15.8 Å². The van der Waals surface area contributed by atoms with Crippen LogP contribution in [0.15, 0.2) is 22.7 Å². The molecular weight excluding hydrogens is 333 g/mol. The zero-order chi connectivity index (χ0) is 15.8. The molecule has 21 heavy (non-hydrogen) atoms. The van der Waals surface area contributed by atoms with Gasteiger partial charge >= 0.3 is 7.12 Å². The van der Waals surface area contributed by atoms with Crippen molar-refractivity contribution in [3.8, 4) is 5.75 Å². The lowest BCUT2D eigenvalue weighted by atomic mass is 9.74. The highest BCUT2D eigenvalue weighted by atomic mass is 79.9. The number of nitrogens with two attached hydrogens (primary N) is 1. The monoisotopic (exact) mass is 355 g/mol. The maximum Gasteiger partial charge on any atom is 0.480 e. The van der Waals surface area contributed by atoms with Crippen LogP contribution >= 0.6 is 15.9 Å². The molecule has 1 heterocycles. The Hall–Kier alpha value is -0.555. The van der Waals surface area contributed by atoms with Gasteiger partial charge in [-0.3, -0.25) is 0 Å². The van der Waals surface area contributed by atoms with Crippen molar-refractivity contribution in [1.29, 1.82) is 0 Å². The van der Waals surface area contributed by atoms with Crippen molar-refractivity contribution in [3.05, 3.63) is 28.2 Å². The van der Waals surface area contributed by atoms with Crippen LogP contribution in [0.5, 0.6) is 5.75 Å². The van der Waals surface area contributed by atoms with E-state index in [1.165, 1.54) is 0 Å². The van der Waals surface area contributed by atoms with Crippen LogP contribution in [-0.4, -0.2) is 24.9 Å². The first kappa shape index (κ1) is 16.8. The molecule has 116 valence electrons. The van der Waals surface area contributed by atoms with Crippen molar-refractivity contribution in [2.75, 3.05) is 6.61 Å². The number of benzene rings is 1. The largest absolute Gasteiger partial charge is 0.494 e. The maximum absolute atomic E-state index is 6.39. The molecule has 1 saturated heterocycles. The van der Waals surface area contributed by atoms with Gasteiger partial charge in [0, 0.05) is 10.0 Å². The summed E-state index contributed by atoms with van der Waals surface area (Å²) in [5.41, 5.74) is 6.48. The average molecular weight is 356 g/mol. The first-order chi connectivity index (χ1) is 9.68. The lowest BCUT2D eigenvalue weighted by Gasteiger charge is -2.32. The summed E-state index contributed by atoms with van der Waals surface area (Å²) in [4.78, 5) is 0. The molecule has 1 aliphatic rings. The van der Waals surface area contributed by atoms with Gasteiger partial charge in [-0.05, 0) is 52.8 Å². The molecule has 0 bridgehead atoms. The number of hydrogen-bond acceptors (Lipinski definition) is 4. The highest BCUT2D eigenvalue weighted by Crippen LogP contribution is 2.41. The summed E-state index contributed by atoms with van der Waals surface area (Å²) in [5.74, 6) is 0.355. The Morgan fingerprint density at radius 3 is 2.33 bits per heavy atom. The summed E-state index contributed by atoms with van der Waals surface area (Å²) in [6.45, 7) is 10.6. The number of rotatable bonds is 4. The van der Waals surface area contributed by atoms with E-state index in [2.05, 4.69) is 15.9 Å². The molecular formula is C15H23BBrNO3. The third kappa shape index (κ3) is 3.28. The second kappa shape index (κ2) is 5.91. The Morgan fingerprint density at radius 2 is 1.81 bits per heavy atom.